The van der Waals surface area contributed by atoms with E-state index in [9.17, 15) is 0 Å². The van der Waals surface area contributed by atoms with Crippen molar-refractivity contribution in [3.05, 3.63) is 0 Å². The van der Waals surface area contributed by atoms with Crippen LogP contribution in [0.1, 0.15) is 71.1 Å². The summed E-state index contributed by atoms with van der Waals surface area (Å²) in [5.41, 5.74) is 0. The van der Waals surface area contributed by atoms with Crippen molar-refractivity contribution in [3.63, 3.8) is 0 Å². The predicted octanol–water partition coefficient (Wildman–Crippen LogP) is 2.40. The van der Waals surface area contributed by atoms with Crippen molar-refractivity contribution < 1.29 is 28.5 Å². The quantitative estimate of drug-likeness (QED) is 0.264. The molecule has 0 aromatic carbocycles. The first-order valence-electron chi connectivity index (χ1n) is 7.36. The summed E-state index contributed by atoms with van der Waals surface area (Å²) in [6.45, 7) is 3.62. The average molecular weight is 500 g/mol. The van der Waals surface area contributed by atoms with Crippen LogP contribution in [0.2, 0.25) is 0 Å². The van der Waals surface area contributed by atoms with Crippen LogP contribution in [-0.2, 0) is 0 Å². The molecule has 4 heteroatoms. The van der Waals surface area contributed by atoms with E-state index in [-0.39, 0.29) is 54.1 Å². The zero-order valence-corrected chi connectivity index (χ0v) is 18.2. The fourth-order valence-electron chi connectivity index (χ4n) is 2.07. The SMILES string of the molecule is CCCCCCCCCCCC[N+](C)(C)C.I.N.[I-]. The van der Waals surface area contributed by atoms with Gasteiger partial charge in [-0.2, -0.15) is 0 Å². The van der Waals surface area contributed by atoms with E-state index in [4.69, 9.17) is 0 Å². The van der Waals surface area contributed by atoms with Crippen LogP contribution in [-0.4, -0.2) is 32.2 Å². The first kappa shape index (κ1) is 28.5. The Hall–Kier alpha value is 1.38. The molecule has 0 aromatic rings. The zero-order valence-electron chi connectivity index (χ0n) is 13.7. The van der Waals surface area contributed by atoms with Crippen molar-refractivity contribution in [2.75, 3.05) is 27.7 Å². The highest BCUT2D eigenvalue weighted by Gasteiger charge is 2.04. The van der Waals surface area contributed by atoms with Crippen LogP contribution in [0.25, 0.3) is 0 Å². The minimum absolute atomic E-state index is 0. The van der Waals surface area contributed by atoms with Crippen molar-refractivity contribution in [1.29, 1.82) is 0 Å². The number of hydrogen-bond donors (Lipinski definition) is 1. The standard InChI is InChI=1S/C15H34N.2HI.H3N/c1-5-6-7-8-9-10-11-12-13-14-15-16(2,3)4;;;/h5-15H2,1-4H3;2*1H;1H3/q+1;;;/p-1. The maximum absolute atomic E-state index is 2.29. The Kier molecular flexibility index (Phi) is 29.1. The van der Waals surface area contributed by atoms with Crippen molar-refractivity contribution >= 4 is 24.0 Å². The lowest BCUT2D eigenvalue weighted by molar-refractivity contribution is -0.870. The van der Waals surface area contributed by atoms with E-state index < -0.39 is 0 Å². The van der Waals surface area contributed by atoms with Gasteiger partial charge < -0.3 is 34.6 Å². The molecule has 0 heterocycles. The molecule has 122 valence electrons. The molecule has 19 heavy (non-hydrogen) atoms. The van der Waals surface area contributed by atoms with E-state index >= 15 is 0 Å². The molecule has 0 aromatic heterocycles. The number of nitrogens with zero attached hydrogens (tertiary/aromatic N) is 1. The Labute approximate surface area is 156 Å². The van der Waals surface area contributed by atoms with E-state index in [1.54, 1.807) is 0 Å². The second-order valence-corrected chi connectivity index (χ2v) is 6.20. The highest BCUT2D eigenvalue weighted by atomic mass is 127. The van der Waals surface area contributed by atoms with Gasteiger partial charge in [-0.25, -0.2) is 0 Å². The Bertz CT molecular complexity index is 148. The summed E-state index contributed by atoms with van der Waals surface area (Å²) in [6.07, 6.45) is 14.4. The summed E-state index contributed by atoms with van der Waals surface area (Å²) in [7, 11) is 6.86. The predicted molar refractivity (Wildman–Crippen MR) is 95.2 cm³/mol. The maximum atomic E-state index is 2.29. The Morgan fingerprint density at radius 2 is 0.947 bits per heavy atom. The van der Waals surface area contributed by atoms with E-state index in [2.05, 4.69) is 28.1 Å². The Balaban J connectivity index is -0.000000375. The third kappa shape index (κ3) is 28.3. The van der Waals surface area contributed by atoms with Gasteiger partial charge in [-0.1, -0.05) is 58.3 Å². The van der Waals surface area contributed by atoms with Crippen LogP contribution in [0.15, 0.2) is 0 Å². The summed E-state index contributed by atoms with van der Waals surface area (Å²) in [4.78, 5) is 0. The summed E-state index contributed by atoms with van der Waals surface area (Å²) >= 11 is 0. The van der Waals surface area contributed by atoms with Crippen molar-refractivity contribution in [2.45, 2.75) is 71.1 Å². The molecule has 0 saturated heterocycles. The van der Waals surface area contributed by atoms with Crippen LogP contribution >= 0.6 is 24.0 Å². The lowest BCUT2D eigenvalue weighted by Gasteiger charge is -2.23. The highest BCUT2D eigenvalue weighted by Crippen LogP contribution is 2.10. The molecule has 3 N–H and O–H groups in total. The molecule has 0 rings (SSSR count). The van der Waals surface area contributed by atoms with Crippen LogP contribution < -0.4 is 30.1 Å². The van der Waals surface area contributed by atoms with E-state index in [1.807, 2.05) is 0 Å². The average Bonchev–Trinajstić information content (AvgIpc) is 2.19. The van der Waals surface area contributed by atoms with Gasteiger partial charge in [-0.05, 0) is 12.8 Å². The first-order valence-corrected chi connectivity index (χ1v) is 7.36. The van der Waals surface area contributed by atoms with Crippen molar-refractivity contribution in [3.8, 4) is 0 Å². The number of hydrogen-bond acceptors (Lipinski definition) is 1. The maximum Gasteiger partial charge on any atom is 0.0780 e. The number of quaternary nitrogens is 1. The molecule has 0 aliphatic heterocycles. The second kappa shape index (κ2) is 19.4. The van der Waals surface area contributed by atoms with Gasteiger partial charge in [0.15, 0.2) is 0 Å². The largest absolute Gasteiger partial charge is 1.00 e. The molecule has 0 aliphatic carbocycles. The van der Waals surface area contributed by atoms with Gasteiger partial charge in [0, 0.05) is 0 Å². The summed E-state index contributed by atoms with van der Waals surface area (Å²) in [6, 6.07) is 0. The number of rotatable bonds is 11. The molecule has 0 aliphatic rings. The van der Waals surface area contributed by atoms with Gasteiger partial charge in [0.05, 0.1) is 27.7 Å². The molecule has 0 radical (unpaired) electrons. The molecule has 2 nitrogen and oxygen atoms in total. The van der Waals surface area contributed by atoms with E-state index in [0.717, 1.165) is 4.48 Å². The summed E-state index contributed by atoms with van der Waals surface area (Å²) in [5, 5.41) is 0. The molecule has 0 saturated carbocycles. The molecule has 0 fully saturated rings. The van der Waals surface area contributed by atoms with Crippen molar-refractivity contribution in [1.82, 2.24) is 6.15 Å². The van der Waals surface area contributed by atoms with Crippen LogP contribution in [0.5, 0.6) is 0 Å². The highest BCUT2D eigenvalue weighted by molar-refractivity contribution is 14.0. The van der Waals surface area contributed by atoms with Gasteiger partial charge in [0.1, 0.15) is 0 Å². The molecular weight excluding hydrogens is 462 g/mol. The summed E-state index contributed by atoms with van der Waals surface area (Å²) < 4.78 is 1.12. The third-order valence-electron chi connectivity index (χ3n) is 3.18. The van der Waals surface area contributed by atoms with Gasteiger partial charge in [0.2, 0.25) is 0 Å². The van der Waals surface area contributed by atoms with Gasteiger partial charge >= 0.3 is 0 Å². The number of halogens is 2. The minimum atomic E-state index is 0. The van der Waals surface area contributed by atoms with Crippen LogP contribution in [0.4, 0.5) is 0 Å². The van der Waals surface area contributed by atoms with Crippen LogP contribution in [0.3, 0.4) is 0 Å². The Morgan fingerprint density at radius 1 is 0.632 bits per heavy atom. The normalized spacial score (nSPS) is 10.1. The zero-order chi connectivity index (χ0) is 12.3. The monoisotopic (exact) mass is 500 g/mol. The molecular formula is C15H38I2N2. The van der Waals surface area contributed by atoms with Crippen molar-refractivity contribution in [2.24, 2.45) is 0 Å². The van der Waals surface area contributed by atoms with E-state index in [1.165, 1.54) is 70.8 Å². The molecule has 0 amide bonds. The molecule has 0 unspecified atom stereocenters. The van der Waals surface area contributed by atoms with Gasteiger partial charge in [-0.15, -0.1) is 24.0 Å². The lowest BCUT2D eigenvalue weighted by atomic mass is 10.1. The minimum Gasteiger partial charge on any atom is -1.00 e. The summed E-state index contributed by atoms with van der Waals surface area (Å²) in [5.74, 6) is 0. The number of unbranched alkanes of at least 4 members (excludes halogenated alkanes) is 9. The lowest BCUT2D eigenvalue weighted by Crippen LogP contribution is -3.00. The molecule has 0 atom stereocenters. The fraction of sp³-hybridized carbons (Fsp3) is 1.00. The van der Waals surface area contributed by atoms with Gasteiger partial charge in [-0.3, -0.25) is 0 Å². The van der Waals surface area contributed by atoms with Crippen LogP contribution in [0, 0.1) is 0 Å². The van der Waals surface area contributed by atoms with Gasteiger partial charge in [0.25, 0.3) is 0 Å². The van der Waals surface area contributed by atoms with E-state index in [0.29, 0.717) is 0 Å². The third-order valence-corrected chi connectivity index (χ3v) is 3.18. The second-order valence-electron chi connectivity index (χ2n) is 6.20. The fourth-order valence-corrected chi connectivity index (χ4v) is 2.07. The topological polar surface area (TPSA) is 35.0 Å². The molecule has 0 bridgehead atoms. The molecule has 0 spiro atoms. The first-order chi connectivity index (χ1) is 7.56. The Morgan fingerprint density at radius 3 is 1.26 bits per heavy atom. The smallest absolute Gasteiger partial charge is 0.0780 e.